The van der Waals surface area contributed by atoms with Crippen LogP contribution < -0.4 is 11.1 Å². The van der Waals surface area contributed by atoms with Crippen molar-refractivity contribution in [1.82, 2.24) is 23.9 Å². The molecule has 0 saturated heterocycles. The van der Waals surface area contributed by atoms with Gasteiger partial charge in [0.25, 0.3) is 0 Å². The Bertz CT molecular complexity index is 1620. The number of nitrogens with zero attached hydrogens (tertiary/aromatic N) is 4. The second-order valence-corrected chi connectivity index (χ2v) is 8.81. The van der Waals surface area contributed by atoms with Crippen LogP contribution in [0.25, 0.3) is 27.9 Å². The number of nitrogens with one attached hydrogen (secondary N) is 2. The molecule has 10 nitrogen and oxygen atoms in total. The van der Waals surface area contributed by atoms with Crippen molar-refractivity contribution in [3.8, 4) is 11.3 Å². The van der Waals surface area contributed by atoms with Gasteiger partial charge in [-0.15, -0.1) is 5.10 Å². The fraction of sp³-hybridized carbons (Fsp3) is 0.136. The Labute approximate surface area is 189 Å². The second kappa shape index (κ2) is 8.19. The van der Waals surface area contributed by atoms with Crippen LogP contribution in [0.5, 0.6) is 0 Å². The van der Waals surface area contributed by atoms with E-state index in [-0.39, 0.29) is 6.54 Å². The molecule has 0 unspecified atom stereocenters. The SMILES string of the molecule is Cc1cc(Nc2ncc3ccc(-c4ccccc4CN(C)[SH](=O)=O)n3n2)cc2oc(=O)[nH]c12. The van der Waals surface area contributed by atoms with Gasteiger partial charge in [-0.25, -0.2) is 27.0 Å². The molecule has 0 spiro atoms. The number of hydrogen-bond acceptors (Lipinski definition) is 7. The molecular weight excluding hydrogens is 444 g/mol. The Morgan fingerprint density at radius 3 is 2.82 bits per heavy atom. The molecular formula is C22H20N6O4S. The van der Waals surface area contributed by atoms with E-state index in [4.69, 9.17) is 4.42 Å². The summed E-state index contributed by atoms with van der Waals surface area (Å²) in [6.45, 7) is 2.12. The number of anilines is 2. The molecule has 0 aliphatic carbocycles. The van der Waals surface area contributed by atoms with Gasteiger partial charge in [-0.3, -0.25) is 4.98 Å². The Balaban J connectivity index is 1.54. The maximum Gasteiger partial charge on any atom is 0.417 e. The highest BCUT2D eigenvalue weighted by atomic mass is 32.2. The first kappa shape index (κ1) is 20.9. The Morgan fingerprint density at radius 2 is 2.00 bits per heavy atom. The van der Waals surface area contributed by atoms with Crippen molar-refractivity contribution < 1.29 is 12.8 Å². The zero-order valence-electron chi connectivity index (χ0n) is 17.8. The minimum atomic E-state index is -2.68. The van der Waals surface area contributed by atoms with Crippen molar-refractivity contribution in [2.75, 3.05) is 12.4 Å². The van der Waals surface area contributed by atoms with E-state index in [1.165, 1.54) is 11.4 Å². The number of aromatic nitrogens is 4. The van der Waals surface area contributed by atoms with Crippen LogP contribution in [0.3, 0.4) is 0 Å². The van der Waals surface area contributed by atoms with E-state index in [0.29, 0.717) is 22.7 Å². The lowest BCUT2D eigenvalue weighted by Gasteiger charge is -2.13. The summed E-state index contributed by atoms with van der Waals surface area (Å²) in [6, 6.07) is 15.0. The zero-order valence-corrected chi connectivity index (χ0v) is 18.7. The molecule has 5 aromatic rings. The predicted molar refractivity (Wildman–Crippen MR) is 125 cm³/mol. The number of benzene rings is 2. The van der Waals surface area contributed by atoms with E-state index in [2.05, 4.69) is 20.4 Å². The minimum Gasteiger partial charge on any atom is -0.408 e. The van der Waals surface area contributed by atoms with Crippen LogP contribution in [-0.2, 0) is 17.4 Å². The molecule has 0 fully saturated rings. The van der Waals surface area contributed by atoms with Gasteiger partial charge < -0.3 is 9.73 Å². The van der Waals surface area contributed by atoms with E-state index in [1.54, 1.807) is 16.8 Å². The van der Waals surface area contributed by atoms with Gasteiger partial charge in [0, 0.05) is 30.9 Å². The van der Waals surface area contributed by atoms with Gasteiger partial charge in [0.1, 0.15) is 0 Å². The molecule has 168 valence electrons. The van der Waals surface area contributed by atoms with Crippen molar-refractivity contribution in [2.24, 2.45) is 0 Å². The van der Waals surface area contributed by atoms with Crippen LogP contribution in [0.15, 0.2) is 63.9 Å². The summed E-state index contributed by atoms with van der Waals surface area (Å²) < 4.78 is 30.9. The molecule has 0 saturated carbocycles. The number of rotatable bonds is 6. The predicted octanol–water partition coefficient (Wildman–Crippen LogP) is 2.84. The Hall–Kier alpha value is -3.96. The summed E-state index contributed by atoms with van der Waals surface area (Å²) >= 11 is 0. The van der Waals surface area contributed by atoms with Crippen molar-refractivity contribution in [3.63, 3.8) is 0 Å². The fourth-order valence-corrected chi connectivity index (χ4v) is 4.07. The van der Waals surface area contributed by atoms with Gasteiger partial charge in [0.2, 0.25) is 16.8 Å². The maximum atomic E-state index is 11.5. The van der Waals surface area contributed by atoms with Crippen LogP contribution >= 0.6 is 0 Å². The molecule has 3 heterocycles. The topological polar surface area (TPSA) is 126 Å². The van der Waals surface area contributed by atoms with Crippen LogP contribution in [0.1, 0.15) is 11.1 Å². The smallest absolute Gasteiger partial charge is 0.408 e. The fourth-order valence-electron chi connectivity index (χ4n) is 3.80. The molecule has 2 aromatic carbocycles. The van der Waals surface area contributed by atoms with E-state index >= 15 is 0 Å². The molecule has 0 bridgehead atoms. The third-order valence-electron chi connectivity index (χ3n) is 5.36. The first-order chi connectivity index (χ1) is 15.9. The monoisotopic (exact) mass is 464 g/mol. The van der Waals surface area contributed by atoms with Crippen molar-refractivity contribution in [1.29, 1.82) is 0 Å². The molecule has 0 atom stereocenters. The molecule has 5 rings (SSSR count). The number of aromatic amines is 1. The number of thiol groups is 1. The summed E-state index contributed by atoms with van der Waals surface area (Å²) in [5.74, 6) is -0.153. The van der Waals surface area contributed by atoms with Crippen molar-refractivity contribution >= 4 is 39.1 Å². The van der Waals surface area contributed by atoms with Gasteiger partial charge in [-0.2, -0.15) is 0 Å². The number of fused-ring (bicyclic) bond motifs is 2. The van der Waals surface area contributed by atoms with E-state index in [9.17, 15) is 13.2 Å². The summed E-state index contributed by atoms with van der Waals surface area (Å²) in [5.41, 5.74) is 5.94. The number of hydrogen-bond donors (Lipinski definition) is 3. The van der Waals surface area contributed by atoms with Crippen LogP contribution in [0, 0.1) is 6.92 Å². The maximum absolute atomic E-state index is 11.5. The molecule has 0 radical (unpaired) electrons. The molecule has 2 N–H and O–H groups in total. The van der Waals surface area contributed by atoms with Gasteiger partial charge in [0.15, 0.2) is 5.58 Å². The number of H-pyrrole nitrogens is 1. The molecule has 0 aliphatic rings. The number of aryl methyl sites for hydroxylation is 1. The Kier molecular flexibility index (Phi) is 5.19. The summed E-state index contributed by atoms with van der Waals surface area (Å²) in [6.07, 6.45) is 1.70. The first-order valence-electron chi connectivity index (χ1n) is 10.1. The van der Waals surface area contributed by atoms with Gasteiger partial charge >= 0.3 is 5.76 Å². The lowest BCUT2D eigenvalue weighted by molar-refractivity contribution is 0.487. The average molecular weight is 465 g/mol. The van der Waals surface area contributed by atoms with Crippen LogP contribution in [-0.4, -0.2) is 39.4 Å². The largest absolute Gasteiger partial charge is 0.417 e. The van der Waals surface area contributed by atoms with Gasteiger partial charge in [-0.1, -0.05) is 24.3 Å². The van der Waals surface area contributed by atoms with Gasteiger partial charge in [-0.05, 0) is 36.2 Å². The summed E-state index contributed by atoms with van der Waals surface area (Å²) in [7, 11) is -1.14. The molecule has 3 aromatic heterocycles. The number of oxazole rings is 1. The highest BCUT2D eigenvalue weighted by Crippen LogP contribution is 2.27. The molecule has 0 aliphatic heterocycles. The summed E-state index contributed by atoms with van der Waals surface area (Å²) in [4.78, 5) is 18.6. The molecule has 11 heteroatoms. The molecule has 33 heavy (non-hydrogen) atoms. The Morgan fingerprint density at radius 1 is 1.18 bits per heavy atom. The lowest BCUT2D eigenvalue weighted by Crippen LogP contribution is -2.16. The lowest BCUT2D eigenvalue weighted by atomic mass is 10.0. The quantitative estimate of drug-likeness (QED) is 0.330. The zero-order chi connectivity index (χ0) is 23.1. The second-order valence-electron chi connectivity index (χ2n) is 7.65. The highest BCUT2D eigenvalue weighted by Gasteiger charge is 2.14. The third-order valence-corrected chi connectivity index (χ3v) is 6.05. The van der Waals surface area contributed by atoms with Crippen molar-refractivity contribution in [3.05, 3.63) is 76.4 Å². The molecule has 0 amide bonds. The van der Waals surface area contributed by atoms with Crippen LogP contribution in [0.2, 0.25) is 0 Å². The third kappa shape index (κ3) is 3.99. The summed E-state index contributed by atoms with van der Waals surface area (Å²) in [5, 5.41) is 7.80. The average Bonchev–Trinajstić information content (AvgIpc) is 3.37. The van der Waals surface area contributed by atoms with Crippen LogP contribution in [0.4, 0.5) is 11.6 Å². The standard InChI is InChI=1S/C22H20N6O4S/c1-13-9-15(10-19-20(13)25-22(29)32-19)24-21-23-11-16-7-8-18(28(16)26-21)17-6-4-3-5-14(17)12-27(2)33(30)31/h3-11,33H,12H2,1-2H3,(H,24,26)(H,25,29). The van der Waals surface area contributed by atoms with E-state index < -0.39 is 16.6 Å². The minimum absolute atomic E-state index is 0.249. The van der Waals surface area contributed by atoms with Gasteiger partial charge in [0.05, 0.1) is 22.9 Å². The van der Waals surface area contributed by atoms with E-state index in [0.717, 1.165) is 27.9 Å². The highest BCUT2D eigenvalue weighted by molar-refractivity contribution is 7.69. The normalized spacial score (nSPS) is 11.8. The first-order valence-corrected chi connectivity index (χ1v) is 11.2. The van der Waals surface area contributed by atoms with Crippen molar-refractivity contribution in [2.45, 2.75) is 13.5 Å². The van der Waals surface area contributed by atoms with E-state index in [1.807, 2.05) is 49.4 Å².